The molecule has 0 unspecified atom stereocenters. The number of nitrogens with zero attached hydrogens (tertiary/aromatic N) is 1. The van der Waals surface area contributed by atoms with Gasteiger partial charge in [0.2, 0.25) is 5.91 Å². The third-order valence-electron chi connectivity index (χ3n) is 2.60. The SMILES string of the molecule is CCCCN(C(=O)CN)c1ccc(OC)cc1. The van der Waals surface area contributed by atoms with E-state index in [0.717, 1.165) is 24.3 Å². The average Bonchev–Trinajstić information content (AvgIpc) is 2.39. The monoisotopic (exact) mass is 236 g/mol. The predicted octanol–water partition coefficient (Wildman–Crippen LogP) is 1.79. The molecule has 1 aromatic carbocycles. The van der Waals surface area contributed by atoms with Crippen LogP contribution in [0, 0.1) is 0 Å². The van der Waals surface area contributed by atoms with Crippen molar-refractivity contribution in [1.82, 2.24) is 0 Å². The van der Waals surface area contributed by atoms with Crippen molar-refractivity contribution < 1.29 is 9.53 Å². The van der Waals surface area contributed by atoms with Crippen LogP contribution < -0.4 is 15.4 Å². The molecule has 0 atom stereocenters. The summed E-state index contributed by atoms with van der Waals surface area (Å²) in [6.07, 6.45) is 2.02. The van der Waals surface area contributed by atoms with Crippen LogP contribution in [-0.4, -0.2) is 26.1 Å². The van der Waals surface area contributed by atoms with Gasteiger partial charge in [-0.3, -0.25) is 4.79 Å². The van der Waals surface area contributed by atoms with Crippen LogP contribution in [0.4, 0.5) is 5.69 Å². The summed E-state index contributed by atoms with van der Waals surface area (Å²) >= 11 is 0. The van der Waals surface area contributed by atoms with Crippen LogP contribution in [-0.2, 0) is 4.79 Å². The lowest BCUT2D eigenvalue weighted by Gasteiger charge is -2.22. The Kier molecular flexibility index (Phi) is 5.49. The number of carbonyl (C=O) groups is 1. The van der Waals surface area contributed by atoms with Gasteiger partial charge in [0.15, 0.2) is 0 Å². The van der Waals surface area contributed by atoms with Gasteiger partial charge in [-0.25, -0.2) is 0 Å². The zero-order valence-corrected chi connectivity index (χ0v) is 10.5. The number of anilines is 1. The van der Waals surface area contributed by atoms with Gasteiger partial charge >= 0.3 is 0 Å². The Balaban J connectivity index is 2.83. The molecule has 94 valence electrons. The average molecular weight is 236 g/mol. The van der Waals surface area contributed by atoms with Crippen molar-refractivity contribution in [1.29, 1.82) is 0 Å². The molecule has 0 spiro atoms. The van der Waals surface area contributed by atoms with Crippen molar-refractivity contribution in [2.75, 3.05) is 25.1 Å². The number of hydrogen-bond acceptors (Lipinski definition) is 3. The van der Waals surface area contributed by atoms with Crippen LogP contribution in [0.25, 0.3) is 0 Å². The molecule has 0 saturated carbocycles. The van der Waals surface area contributed by atoms with Crippen molar-refractivity contribution in [3.05, 3.63) is 24.3 Å². The summed E-state index contributed by atoms with van der Waals surface area (Å²) in [5.41, 5.74) is 6.29. The van der Waals surface area contributed by atoms with E-state index in [2.05, 4.69) is 6.92 Å². The van der Waals surface area contributed by atoms with E-state index in [9.17, 15) is 4.79 Å². The fourth-order valence-electron chi connectivity index (χ4n) is 1.59. The highest BCUT2D eigenvalue weighted by atomic mass is 16.5. The molecular formula is C13H20N2O2. The second kappa shape index (κ2) is 6.91. The molecule has 0 heterocycles. The van der Waals surface area contributed by atoms with E-state index in [0.29, 0.717) is 6.54 Å². The van der Waals surface area contributed by atoms with E-state index in [1.807, 2.05) is 24.3 Å². The number of ether oxygens (including phenoxy) is 1. The minimum atomic E-state index is -0.0522. The third kappa shape index (κ3) is 3.75. The van der Waals surface area contributed by atoms with Crippen molar-refractivity contribution in [2.45, 2.75) is 19.8 Å². The second-order valence-electron chi connectivity index (χ2n) is 3.80. The van der Waals surface area contributed by atoms with E-state index >= 15 is 0 Å². The number of benzene rings is 1. The molecule has 0 saturated heterocycles. The summed E-state index contributed by atoms with van der Waals surface area (Å²) < 4.78 is 5.09. The molecule has 0 aliphatic carbocycles. The quantitative estimate of drug-likeness (QED) is 0.819. The maximum absolute atomic E-state index is 11.7. The summed E-state index contributed by atoms with van der Waals surface area (Å²) in [5, 5.41) is 0. The van der Waals surface area contributed by atoms with Crippen LogP contribution in [0.3, 0.4) is 0 Å². The molecule has 4 heteroatoms. The first-order valence-electron chi connectivity index (χ1n) is 5.87. The molecule has 0 bridgehead atoms. The summed E-state index contributed by atoms with van der Waals surface area (Å²) in [7, 11) is 1.62. The van der Waals surface area contributed by atoms with Crippen LogP contribution in [0.1, 0.15) is 19.8 Å². The lowest BCUT2D eigenvalue weighted by Crippen LogP contribution is -2.36. The Morgan fingerprint density at radius 2 is 2.00 bits per heavy atom. The highest BCUT2D eigenvalue weighted by Gasteiger charge is 2.13. The summed E-state index contributed by atoms with van der Waals surface area (Å²) in [6.45, 7) is 2.84. The number of methoxy groups -OCH3 is 1. The number of rotatable bonds is 6. The zero-order valence-electron chi connectivity index (χ0n) is 10.5. The van der Waals surface area contributed by atoms with E-state index in [-0.39, 0.29) is 12.5 Å². The Hall–Kier alpha value is -1.55. The van der Waals surface area contributed by atoms with Gasteiger partial charge in [0.1, 0.15) is 5.75 Å². The number of nitrogens with two attached hydrogens (primary N) is 1. The fourth-order valence-corrected chi connectivity index (χ4v) is 1.59. The Bertz CT molecular complexity index is 349. The van der Waals surface area contributed by atoms with Gasteiger partial charge in [-0.05, 0) is 30.7 Å². The van der Waals surface area contributed by atoms with Crippen molar-refractivity contribution in [3.8, 4) is 5.75 Å². The van der Waals surface area contributed by atoms with Crippen LogP contribution in [0.2, 0.25) is 0 Å². The summed E-state index contributed by atoms with van der Waals surface area (Å²) in [4.78, 5) is 13.5. The van der Waals surface area contributed by atoms with Gasteiger partial charge < -0.3 is 15.4 Å². The molecule has 1 rings (SSSR count). The molecule has 0 fully saturated rings. The first kappa shape index (κ1) is 13.5. The van der Waals surface area contributed by atoms with Gasteiger partial charge in [0, 0.05) is 12.2 Å². The smallest absolute Gasteiger partial charge is 0.240 e. The lowest BCUT2D eigenvalue weighted by atomic mass is 10.2. The normalized spacial score (nSPS) is 10.1. The molecule has 0 aliphatic heterocycles. The zero-order chi connectivity index (χ0) is 12.7. The standard InChI is InChI=1S/C13H20N2O2/c1-3-4-9-15(13(16)10-14)11-5-7-12(17-2)8-6-11/h5-8H,3-4,9-10,14H2,1-2H3. The molecule has 1 amide bonds. The molecular weight excluding hydrogens is 216 g/mol. The van der Waals surface area contributed by atoms with Crippen LogP contribution in [0.15, 0.2) is 24.3 Å². The minimum Gasteiger partial charge on any atom is -0.497 e. The molecule has 17 heavy (non-hydrogen) atoms. The van der Waals surface area contributed by atoms with Gasteiger partial charge in [-0.2, -0.15) is 0 Å². The van der Waals surface area contributed by atoms with E-state index in [1.165, 1.54) is 0 Å². The first-order valence-corrected chi connectivity index (χ1v) is 5.87. The topological polar surface area (TPSA) is 55.6 Å². The van der Waals surface area contributed by atoms with Crippen molar-refractivity contribution in [3.63, 3.8) is 0 Å². The summed E-state index contributed by atoms with van der Waals surface area (Å²) in [5.74, 6) is 0.730. The number of amides is 1. The van der Waals surface area contributed by atoms with Gasteiger partial charge in [0.25, 0.3) is 0 Å². The van der Waals surface area contributed by atoms with Gasteiger partial charge in [-0.1, -0.05) is 13.3 Å². The van der Waals surface area contributed by atoms with Gasteiger partial charge in [0.05, 0.1) is 13.7 Å². The highest BCUT2D eigenvalue weighted by Crippen LogP contribution is 2.19. The molecule has 0 radical (unpaired) electrons. The maximum Gasteiger partial charge on any atom is 0.240 e. The summed E-state index contributed by atoms with van der Waals surface area (Å²) in [6, 6.07) is 7.44. The van der Waals surface area contributed by atoms with Crippen molar-refractivity contribution >= 4 is 11.6 Å². The lowest BCUT2D eigenvalue weighted by molar-refractivity contribution is -0.117. The Morgan fingerprint density at radius 1 is 1.35 bits per heavy atom. The van der Waals surface area contributed by atoms with E-state index < -0.39 is 0 Å². The third-order valence-corrected chi connectivity index (χ3v) is 2.60. The minimum absolute atomic E-state index is 0.0374. The molecule has 0 aliphatic rings. The molecule has 2 N–H and O–H groups in total. The molecule has 0 aromatic heterocycles. The number of carbonyl (C=O) groups excluding carboxylic acids is 1. The van der Waals surface area contributed by atoms with E-state index in [1.54, 1.807) is 12.0 Å². The Morgan fingerprint density at radius 3 is 2.47 bits per heavy atom. The molecule has 4 nitrogen and oxygen atoms in total. The van der Waals surface area contributed by atoms with E-state index in [4.69, 9.17) is 10.5 Å². The number of hydrogen-bond donors (Lipinski definition) is 1. The predicted molar refractivity (Wildman–Crippen MR) is 69.3 cm³/mol. The molecule has 1 aromatic rings. The van der Waals surface area contributed by atoms with Gasteiger partial charge in [-0.15, -0.1) is 0 Å². The van der Waals surface area contributed by atoms with Crippen LogP contribution >= 0.6 is 0 Å². The van der Waals surface area contributed by atoms with Crippen molar-refractivity contribution in [2.24, 2.45) is 5.73 Å². The largest absolute Gasteiger partial charge is 0.497 e. The first-order chi connectivity index (χ1) is 8.22. The second-order valence-corrected chi connectivity index (χ2v) is 3.80. The number of unbranched alkanes of at least 4 members (excludes halogenated alkanes) is 1. The highest BCUT2D eigenvalue weighted by molar-refractivity contribution is 5.94. The maximum atomic E-state index is 11.7. The van der Waals surface area contributed by atoms with Crippen LogP contribution in [0.5, 0.6) is 5.75 Å². The Labute approximate surface area is 102 Å². The fraction of sp³-hybridized carbons (Fsp3) is 0.462.